The van der Waals surface area contributed by atoms with Crippen molar-refractivity contribution < 1.29 is 29.1 Å². The van der Waals surface area contributed by atoms with Crippen LogP contribution < -0.4 is 42.7 Å². The number of aromatic nitrogens is 9. The molecule has 0 bridgehead atoms. The zero-order valence-corrected chi connectivity index (χ0v) is 51.4. The zero-order chi connectivity index (χ0) is 59.3. The molecule has 0 saturated carbocycles. The number of hydrogen-bond donors (Lipinski definition) is 6. The van der Waals surface area contributed by atoms with Gasteiger partial charge >= 0.3 is 19.3 Å². The maximum absolute atomic E-state index is 12.2. The van der Waals surface area contributed by atoms with Crippen LogP contribution in [0.15, 0.2) is 54.6 Å². The van der Waals surface area contributed by atoms with Crippen molar-refractivity contribution in [1.82, 2.24) is 60.7 Å². The van der Waals surface area contributed by atoms with Crippen LogP contribution in [0, 0.1) is 0 Å². The topological polar surface area (TPSA) is 315 Å². The molecule has 3 aromatic carbocycles. The summed E-state index contributed by atoms with van der Waals surface area (Å²) in [6.45, 7) is 18.9. The second-order valence-corrected chi connectivity index (χ2v) is 22.6. The summed E-state index contributed by atoms with van der Waals surface area (Å²) >= 11 is 41.4. The number of anilines is 6. The average molecular weight is 1310 g/mol. The van der Waals surface area contributed by atoms with Crippen LogP contribution in [0.4, 0.5) is 44.9 Å². The normalized spacial score (nSPS) is 14.2. The molecular formula is C50H65BCl8N18O6. The van der Waals surface area contributed by atoms with Gasteiger partial charge in [-0.25, -0.2) is 9.59 Å². The molecule has 3 fully saturated rings. The van der Waals surface area contributed by atoms with Crippen LogP contribution in [0.25, 0.3) is 22.5 Å². The number of rotatable bonds is 6. The molecule has 3 aliphatic rings. The lowest BCUT2D eigenvalue weighted by molar-refractivity contribution is 0.0229. The molecule has 3 aromatic heterocycles. The number of nitrogens with two attached hydrogens (primary N) is 3. The standard InChI is InChI=1S/C18H22Cl2N6O2.C13H14Cl2N6.C12H19ClN6O2.C6H5BCl2O2.CH4.ClH/c1-18(2,3)28-17(27)26-9-7-25(8-10-26)16-22-15(21)14(23-24-16)11-5-4-6-12(19)13(11)20;14-9-3-1-2-8(10(9)15)11-12(16)18-13(20-19-11)21-6-4-17-5-7-21;1-12(2,3)21-11(20)19-6-4-18(5-7-19)10-15-9(14)8(13)16-17-10;8-5-3-1-2-4(6(5)9)7(10)11;;/h4-6H,7-10H2,1-3H3,(H2,21,22,24);1-3,17H,4-7H2,(H2,16,18,20);4-7H2,1-3H3,(H2,14,15,17);1-3,10-11H;1H4;1H. The van der Waals surface area contributed by atoms with E-state index >= 15 is 0 Å². The highest BCUT2D eigenvalue weighted by atomic mass is 35.5. The van der Waals surface area contributed by atoms with E-state index in [-0.39, 0.29) is 59.3 Å². The van der Waals surface area contributed by atoms with E-state index in [9.17, 15) is 9.59 Å². The van der Waals surface area contributed by atoms with Crippen LogP contribution in [0.2, 0.25) is 35.3 Å². The van der Waals surface area contributed by atoms with Crippen molar-refractivity contribution >= 4 is 154 Å². The molecular weight excluding hydrogens is 1240 g/mol. The van der Waals surface area contributed by atoms with E-state index in [2.05, 4.69) is 50.9 Å². The van der Waals surface area contributed by atoms with Crippen LogP contribution >= 0.6 is 93.6 Å². The number of benzene rings is 3. The molecule has 6 aromatic rings. The van der Waals surface area contributed by atoms with E-state index in [0.717, 1.165) is 26.2 Å². The van der Waals surface area contributed by atoms with Gasteiger partial charge in [-0.05, 0) is 59.7 Å². The van der Waals surface area contributed by atoms with Gasteiger partial charge in [-0.1, -0.05) is 125 Å². The molecule has 3 aliphatic heterocycles. The molecule has 0 atom stereocenters. The highest BCUT2D eigenvalue weighted by Gasteiger charge is 2.29. The van der Waals surface area contributed by atoms with Crippen molar-refractivity contribution in [2.45, 2.75) is 60.2 Å². The third-order valence-electron chi connectivity index (χ3n) is 11.6. The molecule has 6 heterocycles. The Morgan fingerprint density at radius 1 is 0.518 bits per heavy atom. The fourth-order valence-electron chi connectivity index (χ4n) is 7.55. The third-order valence-corrected chi connectivity index (χ3v) is 14.3. The number of nitrogens with zero attached hydrogens (tertiary/aromatic N) is 14. The van der Waals surface area contributed by atoms with Gasteiger partial charge < -0.3 is 66.5 Å². The maximum Gasteiger partial charge on any atom is 0.490 e. The lowest BCUT2D eigenvalue weighted by Crippen LogP contribution is -2.50. The Kier molecular flexibility index (Phi) is 26.4. The lowest BCUT2D eigenvalue weighted by Gasteiger charge is -2.35. The Morgan fingerprint density at radius 2 is 0.867 bits per heavy atom. The van der Waals surface area contributed by atoms with E-state index in [1.807, 2.05) is 56.2 Å². The SMILES string of the molecule is C.CC(C)(C)OC(=O)N1CCN(c2nnc(-c3cccc(Cl)c3Cl)c(N)n2)CC1.CC(C)(C)OC(=O)N1CCN(c2nnc(Cl)c(N)n2)CC1.Cl.Nc1nc(N2CCNCC2)nnc1-c1cccc(Cl)c1Cl.OB(O)c1cccc(Cl)c1Cl. The minimum Gasteiger partial charge on any atom is -0.444 e. The molecule has 83 heavy (non-hydrogen) atoms. The number of hydrogen-bond acceptors (Lipinski definition) is 22. The van der Waals surface area contributed by atoms with Crippen molar-refractivity contribution in [2.75, 3.05) is 110 Å². The second kappa shape index (κ2) is 31.4. The number of halogens is 8. The first-order valence-corrected chi connectivity index (χ1v) is 27.6. The average Bonchev–Trinajstić information content (AvgIpc) is 3.50. The lowest BCUT2D eigenvalue weighted by atomic mass is 9.80. The zero-order valence-electron chi connectivity index (χ0n) is 45.3. The van der Waals surface area contributed by atoms with E-state index in [1.165, 1.54) is 6.07 Å². The van der Waals surface area contributed by atoms with E-state index in [1.54, 1.807) is 58.3 Å². The molecule has 0 unspecified atom stereocenters. The van der Waals surface area contributed by atoms with Crippen LogP contribution in [0.5, 0.6) is 0 Å². The first kappa shape index (κ1) is 69.8. The summed E-state index contributed by atoms with van der Waals surface area (Å²) in [5.41, 5.74) is 19.0. The molecule has 33 heteroatoms. The minimum atomic E-state index is -1.57. The quantitative estimate of drug-likeness (QED) is 0.0855. The molecule has 0 spiro atoms. The Morgan fingerprint density at radius 3 is 1.22 bits per heavy atom. The van der Waals surface area contributed by atoms with Crippen LogP contribution in [0.3, 0.4) is 0 Å². The number of piperazine rings is 3. The van der Waals surface area contributed by atoms with Gasteiger partial charge in [0, 0.05) is 95.1 Å². The summed E-state index contributed by atoms with van der Waals surface area (Å²) in [5, 5.41) is 47.3. The van der Waals surface area contributed by atoms with Gasteiger partial charge in [-0.3, -0.25) is 0 Å². The van der Waals surface area contributed by atoms with Crippen LogP contribution in [-0.2, 0) is 9.47 Å². The van der Waals surface area contributed by atoms with Crippen LogP contribution in [-0.4, -0.2) is 174 Å². The summed E-state index contributed by atoms with van der Waals surface area (Å²) in [6.07, 6.45) is -0.631. The van der Waals surface area contributed by atoms with Gasteiger partial charge in [0.15, 0.2) is 22.6 Å². The van der Waals surface area contributed by atoms with Gasteiger partial charge in [0.25, 0.3) is 0 Å². The Balaban J connectivity index is 0.000000245. The van der Waals surface area contributed by atoms with Gasteiger partial charge in [0.05, 0.1) is 30.1 Å². The molecule has 24 nitrogen and oxygen atoms in total. The Bertz CT molecular complexity index is 3130. The van der Waals surface area contributed by atoms with Crippen molar-refractivity contribution in [2.24, 2.45) is 0 Å². The summed E-state index contributed by atoms with van der Waals surface area (Å²) in [5.74, 6) is 2.02. The molecule has 3 saturated heterocycles. The van der Waals surface area contributed by atoms with Crippen molar-refractivity contribution in [3.8, 4) is 22.5 Å². The smallest absolute Gasteiger partial charge is 0.444 e. The summed E-state index contributed by atoms with van der Waals surface area (Å²) in [7, 11) is -1.57. The predicted octanol–water partition coefficient (Wildman–Crippen LogP) is 8.22. The predicted molar refractivity (Wildman–Crippen MR) is 334 cm³/mol. The molecule has 2 amide bonds. The second-order valence-electron chi connectivity index (χ2n) is 19.8. The van der Waals surface area contributed by atoms with Crippen molar-refractivity contribution in [1.29, 1.82) is 0 Å². The summed E-state index contributed by atoms with van der Waals surface area (Å²) in [4.78, 5) is 46.1. The van der Waals surface area contributed by atoms with Gasteiger partial charge in [0.1, 0.15) is 22.6 Å². The first-order valence-electron chi connectivity index (χ1n) is 25.0. The first-order chi connectivity index (χ1) is 38.2. The molecule has 9 rings (SSSR count). The molecule has 0 radical (unpaired) electrons. The number of nitrogens with one attached hydrogen (secondary N) is 1. The molecule has 9 N–H and O–H groups in total. The number of carbonyl (C=O) groups excluding carboxylic acids is 2. The summed E-state index contributed by atoms with van der Waals surface area (Å²) in [6, 6.07) is 15.2. The largest absolute Gasteiger partial charge is 0.490 e. The van der Waals surface area contributed by atoms with Gasteiger partial charge in [0.2, 0.25) is 17.8 Å². The number of carbonyl (C=O) groups is 2. The Hall–Kier alpha value is -5.71. The monoisotopic (exact) mass is 1300 g/mol. The van der Waals surface area contributed by atoms with Gasteiger partial charge in [-0.2, -0.15) is 15.0 Å². The fourth-order valence-corrected chi connectivity index (χ4v) is 8.81. The van der Waals surface area contributed by atoms with Crippen LogP contribution in [0.1, 0.15) is 49.0 Å². The summed E-state index contributed by atoms with van der Waals surface area (Å²) < 4.78 is 10.7. The molecule has 0 aliphatic carbocycles. The number of amides is 2. The minimum absolute atomic E-state index is 0. The van der Waals surface area contributed by atoms with E-state index in [4.69, 9.17) is 118 Å². The van der Waals surface area contributed by atoms with Crippen molar-refractivity contribution in [3.63, 3.8) is 0 Å². The Labute approximate surface area is 523 Å². The number of nitrogen functional groups attached to an aromatic ring is 3. The van der Waals surface area contributed by atoms with E-state index < -0.39 is 18.3 Å². The third kappa shape index (κ3) is 19.9. The fraction of sp³-hybridized carbons (Fsp3) is 0.420. The maximum atomic E-state index is 12.2. The van der Waals surface area contributed by atoms with Gasteiger partial charge in [-0.15, -0.1) is 43.0 Å². The highest BCUT2D eigenvalue weighted by molar-refractivity contribution is 6.64. The van der Waals surface area contributed by atoms with E-state index in [0.29, 0.717) is 124 Å². The highest BCUT2D eigenvalue weighted by Crippen LogP contribution is 2.36. The van der Waals surface area contributed by atoms with Crippen molar-refractivity contribution in [3.05, 3.63) is 89.9 Å². The molecule has 450 valence electrons. The number of ether oxygens (including phenoxy) is 2.